The Labute approximate surface area is 120 Å². The number of carbonyl (C=O) groups excluding carboxylic acids is 2. The quantitative estimate of drug-likeness (QED) is 0.729. The first-order valence-electron chi connectivity index (χ1n) is 7.06. The maximum Gasteiger partial charge on any atom is 0.247 e. The lowest BCUT2D eigenvalue weighted by molar-refractivity contribution is -0.137. The van der Waals surface area contributed by atoms with Gasteiger partial charge in [0.05, 0.1) is 0 Å². The van der Waals surface area contributed by atoms with Crippen LogP contribution < -0.4 is 5.32 Å². The number of thioether (sulfide) groups is 1. The fraction of sp³-hybridized carbons (Fsp3) is 0.857. The van der Waals surface area contributed by atoms with Gasteiger partial charge in [-0.15, -0.1) is 0 Å². The molecule has 1 rings (SSSR count). The van der Waals surface area contributed by atoms with E-state index >= 15 is 0 Å². The lowest BCUT2D eigenvalue weighted by atomic mass is 10.0. The fourth-order valence-corrected chi connectivity index (χ4v) is 2.81. The molecule has 0 radical (unpaired) electrons. The first-order valence-corrected chi connectivity index (χ1v) is 8.46. The van der Waals surface area contributed by atoms with Gasteiger partial charge >= 0.3 is 0 Å². The van der Waals surface area contributed by atoms with Gasteiger partial charge in [0.15, 0.2) is 0 Å². The number of hydrogen-bond acceptors (Lipinski definition) is 3. The minimum absolute atomic E-state index is 0.0270. The zero-order valence-corrected chi connectivity index (χ0v) is 13.1. The van der Waals surface area contributed by atoms with E-state index in [9.17, 15) is 9.59 Å². The van der Waals surface area contributed by atoms with Crippen molar-refractivity contribution in [1.29, 1.82) is 0 Å². The first kappa shape index (κ1) is 16.3. The lowest BCUT2D eigenvalue weighted by Gasteiger charge is -2.28. The third-order valence-corrected chi connectivity index (χ3v) is 4.11. The van der Waals surface area contributed by atoms with Gasteiger partial charge in [-0.3, -0.25) is 9.59 Å². The summed E-state index contributed by atoms with van der Waals surface area (Å²) in [6.07, 6.45) is 7.21. The van der Waals surface area contributed by atoms with Crippen LogP contribution in [0.3, 0.4) is 0 Å². The van der Waals surface area contributed by atoms with Gasteiger partial charge in [0.25, 0.3) is 0 Å². The zero-order chi connectivity index (χ0) is 14.3. The SMILES string of the molecule is CSCCCCCCN1CCC(=O)NC(C)(C)C1=O. The van der Waals surface area contributed by atoms with Gasteiger partial charge in [0.1, 0.15) is 5.54 Å². The summed E-state index contributed by atoms with van der Waals surface area (Å²) in [4.78, 5) is 25.7. The van der Waals surface area contributed by atoms with Gasteiger partial charge in [-0.25, -0.2) is 0 Å². The van der Waals surface area contributed by atoms with Crippen molar-refractivity contribution in [2.45, 2.75) is 51.5 Å². The monoisotopic (exact) mass is 286 g/mol. The summed E-state index contributed by atoms with van der Waals surface area (Å²) < 4.78 is 0. The Bertz CT molecular complexity index is 319. The summed E-state index contributed by atoms with van der Waals surface area (Å²) in [7, 11) is 0. The second-order valence-corrected chi connectivity index (χ2v) is 6.61. The Morgan fingerprint density at radius 1 is 1.21 bits per heavy atom. The molecule has 19 heavy (non-hydrogen) atoms. The molecule has 0 atom stereocenters. The maximum absolute atomic E-state index is 12.3. The van der Waals surface area contributed by atoms with E-state index in [0.717, 1.165) is 19.4 Å². The third kappa shape index (κ3) is 5.43. The second kappa shape index (κ2) is 7.78. The van der Waals surface area contributed by atoms with Crippen LogP contribution in [-0.2, 0) is 9.59 Å². The van der Waals surface area contributed by atoms with Crippen LogP contribution in [0.1, 0.15) is 46.0 Å². The fourth-order valence-electron chi connectivity index (χ4n) is 2.31. The summed E-state index contributed by atoms with van der Waals surface area (Å²) in [5, 5.41) is 2.78. The average Bonchev–Trinajstić information content (AvgIpc) is 2.44. The van der Waals surface area contributed by atoms with Crippen molar-refractivity contribution in [3.8, 4) is 0 Å². The van der Waals surface area contributed by atoms with Crippen LogP contribution in [-0.4, -0.2) is 47.4 Å². The topological polar surface area (TPSA) is 49.4 Å². The summed E-state index contributed by atoms with van der Waals surface area (Å²) in [6, 6.07) is 0. The Balaban J connectivity index is 2.35. The summed E-state index contributed by atoms with van der Waals surface area (Å²) in [6.45, 7) is 4.89. The Morgan fingerprint density at radius 3 is 2.58 bits per heavy atom. The Hall–Kier alpha value is -0.710. The molecule has 110 valence electrons. The molecule has 1 saturated heterocycles. The van der Waals surface area contributed by atoms with Gasteiger partial charge in [-0.05, 0) is 38.7 Å². The van der Waals surface area contributed by atoms with Crippen molar-refractivity contribution in [2.75, 3.05) is 25.1 Å². The van der Waals surface area contributed by atoms with Gasteiger partial charge < -0.3 is 10.2 Å². The highest BCUT2D eigenvalue weighted by Crippen LogP contribution is 2.14. The standard InChI is InChI=1S/C14H26N2O2S/c1-14(2)13(18)16(10-8-12(17)15-14)9-6-4-5-7-11-19-3/h4-11H2,1-3H3,(H,15,17). The van der Waals surface area contributed by atoms with Gasteiger partial charge in [-0.1, -0.05) is 12.8 Å². The number of unbranched alkanes of at least 4 members (excludes halogenated alkanes) is 3. The molecule has 0 aromatic rings. The van der Waals surface area contributed by atoms with Crippen LogP contribution in [0.15, 0.2) is 0 Å². The van der Waals surface area contributed by atoms with Gasteiger partial charge in [0.2, 0.25) is 11.8 Å². The van der Waals surface area contributed by atoms with E-state index in [-0.39, 0.29) is 11.8 Å². The molecule has 0 aromatic heterocycles. The predicted octanol–water partition coefficient (Wildman–Crippen LogP) is 2.04. The van der Waals surface area contributed by atoms with E-state index in [1.807, 2.05) is 16.7 Å². The van der Waals surface area contributed by atoms with E-state index in [0.29, 0.717) is 13.0 Å². The molecule has 0 unspecified atom stereocenters. The smallest absolute Gasteiger partial charge is 0.247 e. The molecule has 1 heterocycles. The van der Waals surface area contributed by atoms with Crippen molar-refractivity contribution in [3.05, 3.63) is 0 Å². The zero-order valence-electron chi connectivity index (χ0n) is 12.3. The summed E-state index contributed by atoms with van der Waals surface area (Å²) in [5.74, 6) is 1.23. The van der Waals surface area contributed by atoms with Crippen LogP contribution in [0.2, 0.25) is 0 Å². The molecule has 0 spiro atoms. The Morgan fingerprint density at radius 2 is 1.89 bits per heavy atom. The first-order chi connectivity index (χ1) is 8.97. The maximum atomic E-state index is 12.3. The number of rotatable bonds is 7. The molecule has 1 aliphatic rings. The lowest BCUT2D eigenvalue weighted by Crippen LogP contribution is -2.52. The number of nitrogens with one attached hydrogen (secondary N) is 1. The molecule has 0 aliphatic carbocycles. The molecule has 4 nitrogen and oxygen atoms in total. The molecule has 5 heteroatoms. The molecule has 1 N–H and O–H groups in total. The predicted molar refractivity (Wildman–Crippen MR) is 80.3 cm³/mol. The van der Waals surface area contributed by atoms with E-state index < -0.39 is 5.54 Å². The minimum atomic E-state index is -0.758. The normalized spacial score (nSPS) is 19.2. The van der Waals surface area contributed by atoms with Crippen molar-refractivity contribution in [1.82, 2.24) is 10.2 Å². The summed E-state index contributed by atoms with van der Waals surface area (Å²) >= 11 is 1.88. The average molecular weight is 286 g/mol. The van der Waals surface area contributed by atoms with Crippen molar-refractivity contribution < 1.29 is 9.59 Å². The number of amides is 2. The van der Waals surface area contributed by atoms with Crippen LogP contribution in [0.5, 0.6) is 0 Å². The van der Waals surface area contributed by atoms with Crippen molar-refractivity contribution in [2.24, 2.45) is 0 Å². The highest BCUT2D eigenvalue weighted by molar-refractivity contribution is 7.98. The molecule has 1 fully saturated rings. The van der Waals surface area contributed by atoms with Crippen LogP contribution >= 0.6 is 11.8 Å². The van der Waals surface area contributed by atoms with Gasteiger partial charge in [0, 0.05) is 19.5 Å². The molecule has 0 aromatic carbocycles. The van der Waals surface area contributed by atoms with Crippen LogP contribution in [0.4, 0.5) is 0 Å². The van der Waals surface area contributed by atoms with E-state index in [4.69, 9.17) is 0 Å². The van der Waals surface area contributed by atoms with Crippen molar-refractivity contribution in [3.63, 3.8) is 0 Å². The van der Waals surface area contributed by atoms with E-state index in [1.54, 1.807) is 13.8 Å². The van der Waals surface area contributed by atoms with Gasteiger partial charge in [-0.2, -0.15) is 11.8 Å². The van der Waals surface area contributed by atoms with E-state index in [1.165, 1.54) is 18.6 Å². The van der Waals surface area contributed by atoms with Crippen molar-refractivity contribution >= 4 is 23.6 Å². The molecular formula is C14H26N2O2S. The van der Waals surface area contributed by atoms with E-state index in [2.05, 4.69) is 11.6 Å². The molecule has 1 aliphatic heterocycles. The molecule has 0 saturated carbocycles. The molecule has 2 amide bonds. The highest BCUT2D eigenvalue weighted by atomic mass is 32.2. The van der Waals surface area contributed by atoms with Crippen LogP contribution in [0, 0.1) is 0 Å². The van der Waals surface area contributed by atoms with Crippen LogP contribution in [0.25, 0.3) is 0 Å². The molecular weight excluding hydrogens is 260 g/mol. The second-order valence-electron chi connectivity index (χ2n) is 5.62. The molecule has 0 bridgehead atoms. The largest absolute Gasteiger partial charge is 0.342 e. The number of carbonyl (C=O) groups is 2. The third-order valence-electron chi connectivity index (χ3n) is 3.41. The highest BCUT2D eigenvalue weighted by Gasteiger charge is 2.35. The minimum Gasteiger partial charge on any atom is -0.342 e. The number of nitrogens with zero attached hydrogens (tertiary/aromatic N) is 1. The summed E-state index contributed by atoms with van der Waals surface area (Å²) in [5.41, 5.74) is -0.758. The number of hydrogen-bond donors (Lipinski definition) is 1. The Kier molecular flexibility index (Phi) is 6.69.